The normalized spacial score (nSPS) is 31.1. The number of hydrogen-bond donors (Lipinski definition) is 1. The van der Waals surface area contributed by atoms with Crippen molar-refractivity contribution < 1.29 is 22.5 Å². The van der Waals surface area contributed by atoms with E-state index in [0.29, 0.717) is 31.0 Å². The summed E-state index contributed by atoms with van der Waals surface area (Å²) in [5, 5.41) is 6.79. The number of benzene rings is 1. The lowest BCUT2D eigenvalue weighted by Gasteiger charge is -2.29. The van der Waals surface area contributed by atoms with Crippen LogP contribution in [0.1, 0.15) is 23.2 Å². The van der Waals surface area contributed by atoms with Crippen molar-refractivity contribution in [3.8, 4) is 11.3 Å². The van der Waals surface area contributed by atoms with E-state index in [9.17, 15) is 13.2 Å². The van der Waals surface area contributed by atoms with E-state index in [1.54, 1.807) is 0 Å². The van der Waals surface area contributed by atoms with E-state index in [2.05, 4.69) is 10.5 Å². The number of amides is 1. The van der Waals surface area contributed by atoms with Crippen LogP contribution in [0.5, 0.6) is 0 Å². The lowest BCUT2D eigenvalue weighted by Crippen LogP contribution is -2.41. The smallest absolute Gasteiger partial charge is 0.256 e. The van der Waals surface area contributed by atoms with Gasteiger partial charge in [-0.3, -0.25) is 4.79 Å². The largest absolute Gasteiger partial charge is 0.370 e. The minimum absolute atomic E-state index is 0.0677. The molecule has 4 heterocycles. The molecular formula is C20H23N3O5S. The number of nitrogens with zero attached hydrogens (tertiary/aromatic N) is 2. The van der Waals surface area contributed by atoms with E-state index < -0.39 is 15.6 Å². The Balaban J connectivity index is 1.30. The molecule has 1 aromatic heterocycles. The molecule has 1 spiro atoms. The molecule has 3 saturated heterocycles. The second-order valence-corrected chi connectivity index (χ2v) is 10.2. The Kier molecular flexibility index (Phi) is 4.30. The van der Waals surface area contributed by atoms with Gasteiger partial charge in [0.25, 0.3) is 5.91 Å². The van der Waals surface area contributed by atoms with Gasteiger partial charge in [0, 0.05) is 37.0 Å². The lowest BCUT2D eigenvalue weighted by atomic mass is 9.73. The fourth-order valence-corrected chi connectivity index (χ4v) is 6.06. The van der Waals surface area contributed by atoms with Crippen LogP contribution in [0.3, 0.4) is 0 Å². The molecule has 5 rings (SSSR count). The number of fused-ring (bicyclic) bond motifs is 1. The van der Waals surface area contributed by atoms with Crippen LogP contribution in [-0.4, -0.2) is 61.4 Å². The summed E-state index contributed by atoms with van der Waals surface area (Å²) in [6, 6.07) is 9.37. The maximum Gasteiger partial charge on any atom is 0.256 e. The molecule has 3 aliphatic heterocycles. The van der Waals surface area contributed by atoms with E-state index in [0.717, 1.165) is 18.4 Å². The van der Waals surface area contributed by atoms with E-state index in [1.165, 1.54) is 16.8 Å². The van der Waals surface area contributed by atoms with Crippen LogP contribution in [-0.2, 0) is 14.8 Å². The molecule has 0 radical (unpaired) electrons. The molecule has 8 nitrogen and oxygen atoms in total. The molecule has 154 valence electrons. The minimum Gasteiger partial charge on any atom is -0.370 e. The van der Waals surface area contributed by atoms with Crippen LogP contribution in [0.2, 0.25) is 0 Å². The minimum atomic E-state index is -3.26. The summed E-state index contributed by atoms with van der Waals surface area (Å²) in [6.07, 6.45) is 4.51. The summed E-state index contributed by atoms with van der Waals surface area (Å²) in [5.41, 5.74) is 0.784. The molecule has 1 amide bonds. The number of aromatic nitrogens is 1. The standard InChI is InChI=1S/C20H23N3O5S/c1-29(25,26)23-11-16-14(17-7-8-20(16,12-23)27-17)9-21-19(24)15-10-22-28-18(15)13-5-3-2-4-6-13/h2-6,10,14,16-17H,7-9,11-12H2,1H3,(H,21,24)/t14-,16+,17+,20+/m0/s1. The Bertz CT molecular complexity index is 1040. The third-order valence-electron chi connectivity index (χ3n) is 6.57. The second kappa shape index (κ2) is 6.65. The van der Waals surface area contributed by atoms with Gasteiger partial charge in [0.2, 0.25) is 10.0 Å². The molecule has 9 heteroatoms. The third-order valence-corrected chi connectivity index (χ3v) is 7.79. The average Bonchev–Trinajstić information content (AvgIpc) is 3.45. The predicted molar refractivity (Wildman–Crippen MR) is 105 cm³/mol. The Hall–Kier alpha value is -2.23. The first-order valence-corrected chi connectivity index (χ1v) is 11.6. The Morgan fingerprint density at radius 1 is 1.34 bits per heavy atom. The maximum atomic E-state index is 12.8. The number of rotatable bonds is 5. The molecular weight excluding hydrogens is 394 g/mol. The molecule has 1 aromatic carbocycles. The molecule has 1 N–H and O–H groups in total. The molecule has 0 unspecified atom stereocenters. The van der Waals surface area contributed by atoms with E-state index in [-0.39, 0.29) is 23.8 Å². The SMILES string of the molecule is CS(=O)(=O)N1C[C@@H]2[C@H](CNC(=O)c3cnoc3-c3ccccc3)[C@H]3CC[C@]2(C1)O3. The Morgan fingerprint density at radius 2 is 2.14 bits per heavy atom. The number of nitrogens with one attached hydrogen (secondary N) is 1. The predicted octanol–water partition coefficient (Wildman–Crippen LogP) is 1.51. The maximum absolute atomic E-state index is 12.8. The summed E-state index contributed by atoms with van der Waals surface area (Å²) in [4.78, 5) is 12.8. The molecule has 0 aliphatic carbocycles. The highest BCUT2D eigenvalue weighted by Crippen LogP contribution is 2.55. The first-order valence-electron chi connectivity index (χ1n) is 9.79. The fraction of sp³-hybridized carbons (Fsp3) is 0.500. The molecule has 2 bridgehead atoms. The van der Waals surface area contributed by atoms with Crippen molar-refractivity contribution >= 4 is 15.9 Å². The van der Waals surface area contributed by atoms with Gasteiger partial charge in [-0.25, -0.2) is 8.42 Å². The van der Waals surface area contributed by atoms with E-state index in [4.69, 9.17) is 9.26 Å². The van der Waals surface area contributed by atoms with Gasteiger partial charge in [-0.05, 0) is 12.8 Å². The van der Waals surface area contributed by atoms with Crippen molar-refractivity contribution in [3.63, 3.8) is 0 Å². The summed E-state index contributed by atoms with van der Waals surface area (Å²) < 4.78 is 37.1. The number of carbonyl (C=O) groups is 1. The van der Waals surface area contributed by atoms with Gasteiger partial charge in [0.05, 0.1) is 24.2 Å². The molecule has 3 fully saturated rings. The highest BCUT2D eigenvalue weighted by atomic mass is 32.2. The Morgan fingerprint density at radius 3 is 2.90 bits per heavy atom. The average molecular weight is 417 g/mol. The first kappa shape index (κ1) is 18.8. The second-order valence-electron chi connectivity index (χ2n) is 8.23. The molecule has 4 atom stereocenters. The monoisotopic (exact) mass is 417 g/mol. The highest BCUT2D eigenvalue weighted by Gasteiger charge is 2.63. The zero-order valence-electron chi connectivity index (χ0n) is 16.1. The zero-order chi connectivity index (χ0) is 20.2. The van der Waals surface area contributed by atoms with Crippen LogP contribution in [0.4, 0.5) is 0 Å². The summed E-state index contributed by atoms with van der Waals surface area (Å²) in [6.45, 7) is 1.31. The van der Waals surface area contributed by atoms with Crippen molar-refractivity contribution in [2.45, 2.75) is 24.5 Å². The van der Waals surface area contributed by atoms with Gasteiger partial charge in [0.15, 0.2) is 5.76 Å². The summed E-state index contributed by atoms with van der Waals surface area (Å²) in [5.74, 6) is 0.389. The van der Waals surface area contributed by atoms with Crippen LogP contribution < -0.4 is 5.32 Å². The van der Waals surface area contributed by atoms with Gasteiger partial charge in [-0.1, -0.05) is 35.5 Å². The molecule has 0 saturated carbocycles. The van der Waals surface area contributed by atoms with Gasteiger partial charge < -0.3 is 14.6 Å². The number of carbonyl (C=O) groups excluding carboxylic acids is 1. The van der Waals surface area contributed by atoms with Crippen LogP contribution in [0, 0.1) is 11.8 Å². The number of hydrogen-bond acceptors (Lipinski definition) is 6. The van der Waals surface area contributed by atoms with Gasteiger partial charge in [-0.2, -0.15) is 4.31 Å². The van der Waals surface area contributed by atoms with E-state index >= 15 is 0 Å². The van der Waals surface area contributed by atoms with Crippen LogP contribution in [0.25, 0.3) is 11.3 Å². The van der Waals surface area contributed by atoms with Crippen LogP contribution >= 0.6 is 0 Å². The fourth-order valence-electron chi connectivity index (χ4n) is 5.18. The lowest BCUT2D eigenvalue weighted by molar-refractivity contribution is 0.00801. The molecule has 3 aliphatic rings. The van der Waals surface area contributed by atoms with Gasteiger partial charge >= 0.3 is 0 Å². The van der Waals surface area contributed by atoms with Crippen molar-refractivity contribution in [2.24, 2.45) is 11.8 Å². The van der Waals surface area contributed by atoms with Crippen molar-refractivity contribution in [1.29, 1.82) is 0 Å². The first-order chi connectivity index (χ1) is 13.9. The zero-order valence-corrected chi connectivity index (χ0v) is 16.9. The molecule has 29 heavy (non-hydrogen) atoms. The summed E-state index contributed by atoms with van der Waals surface area (Å²) in [7, 11) is -3.26. The van der Waals surface area contributed by atoms with Crippen molar-refractivity contribution in [3.05, 3.63) is 42.1 Å². The Labute approximate surface area is 169 Å². The van der Waals surface area contributed by atoms with Gasteiger partial charge in [0.1, 0.15) is 5.56 Å². The molecule has 2 aromatic rings. The topological polar surface area (TPSA) is 102 Å². The summed E-state index contributed by atoms with van der Waals surface area (Å²) >= 11 is 0. The quantitative estimate of drug-likeness (QED) is 0.791. The number of ether oxygens (including phenoxy) is 1. The van der Waals surface area contributed by atoms with Gasteiger partial charge in [-0.15, -0.1) is 0 Å². The van der Waals surface area contributed by atoms with Crippen LogP contribution in [0.15, 0.2) is 41.1 Å². The number of sulfonamides is 1. The third kappa shape index (κ3) is 3.08. The van der Waals surface area contributed by atoms with E-state index in [1.807, 2.05) is 30.3 Å². The van der Waals surface area contributed by atoms with Crippen molar-refractivity contribution in [1.82, 2.24) is 14.8 Å². The van der Waals surface area contributed by atoms with Crippen molar-refractivity contribution in [2.75, 3.05) is 25.9 Å². The highest BCUT2D eigenvalue weighted by molar-refractivity contribution is 7.88.